The first-order valence-corrected chi connectivity index (χ1v) is 6.04. The van der Waals surface area contributed by atoms with Gasteiger partial charge in [0.2, 0.25) is 0 Å². The van der Waals surface area contributed by atoms with Crippen molar-refractivity contribution in [2.75, 3.05) is 23.5 Å². The molecule has 18 heavy (non-hydrogen) atoms. The summed E-state index contributed by atoms with van der Waals surface area (Å²) in [5.74, 6) is 1.89. The summed E-state index contributed by atoms with van der Waals surface area (Å²) < 4.78 is 0. The molecule has 1 aliphatic rings. The minimum atomic E-state index is 0.793. The molecule has 0 saturated carbocycles. The average Bonchev–Trinajstić information content (AvgIpc) is 2.67. The van der Waals surface area contributed by atoms with E-state index in [1.54, 1.807) is 0 Å². The topological polar surface area (TPSA) is 32.3 Å². The molecule has 3 rings (SSSR count). The Morgan fingerprint density at radius 2 is 1.78 bits per heavy atom. The first-order valence-electron chi connectivity index (χ1n) is 6.04. The molecule has 1 aromatic carbocycles. The van der Waals surface area contributed by atoms with Crippen LogP contribution in [0, 0.1) is 13.8 Å². The molecule has 1 aromatic heterocycles. The minimum Gasteiger partial charge on any atom is -0.338 e. The van der Waals surface area contributed by atoms with E-state index in [-0.39, 0.29) is 0 Å². The van der Waals surface area contributed by atoms with E-state index < -0.39 is 0 Å². The van der Waals surface area contributed by atoms with Crippen molar-refractivity contribution in [1.29, 1.82) is 0 Å². The first kappa shape index (κ1) is 11.0. The third-order valence-corrected chi connectivity index (χ3v) is 3.17. The Hall–Kier alpha value is -2.10. The van der Waals surface area contributed by atoms with E-state index in [1.165, 1.54) is 5.56 Å². The van der Waals surface area contributed by atoms with Gasteiger partial charge in [0.25, 0.3) is 0 Å². The fraction of sp³-hybridized carbons (Fsp3) is 0.286. The number of hydrogen-bond acceptors (Lipinski definition) is 4. The summed E-state index contributed by atoms with van der Waals surface area (Å²) in [6.45, 7) is 4.86. The van der Waals surface area contributed by atoms with Crippen molar-refractivity contribution in [2.24, 2.45) is 0 Å². The van der Waals surface area contributed by atoms with Crippen molar-refractivity contribution in [3.05, 3.63) is 41.7 Å². The van der Waals surface area contributed by atoms with Crippen LogP contribution >= 0.6 is 0 Å². The van der Waals surface area contributed by atoms with E-state index in [1.807, 2.05) is 20.2 Å². The van der Waals surface area contributed by atoms with Crippen molar-refractivity contribution in [3.63, 3.8) is 0 Å². The predicted molar refractivity (Wildman–Crippen MR) is 73.4 cm³/mol. The highest BCUT2D eigenvalue weighted by Gasteiger charge is 2.27. The van der Waals surface area contributed by atoms with Gasteiger partial charge in [0.15, 0.2) is 11.6 Å². The summed E-state index contributed by atoms with van der Waals surface area (Å²) in [5.41, 5.74) is 3.37. The Morgan fingerprint density at radius 3 is 2.50 bits per heavy atom. The maximum absolute atomic E-state index is 4.61. The number of nitrogens with zero attached hydrogens (tertiary/aromatic N) is 4. The van der Waals surface area contributed by atoms with Crippen LogP contribution in [-0.2, 0) is 0 Å². The molecule has 0 radical (unpaired) electrons. The van der Waals surface area contributed by atoms with Crippen LogP contribution in [0.4, 0.5) is 17.3 Å². The summed E-state index contributed by atoms with van der Waals surface area (Å²) in [7, 11) is 2.04. The van der Waals surface area contributed by atoms with Crippen LogP contribution < -0.4 is 9.80 Å². The maximum atomic E-state index is 4.61. The molecule has 4 heteroatoms. The van der Waals surface area contributed by atoms with Gasteiger partial charge in [-0.25, -0.2) is 9.97 Å². The lowest BCUT2D eigenvalue weighted by Gasteiger charge is -2.18. The van der Waals surface area contributed by atoms with Crippen LogP contribution in [0.25, 0.3) is 0 Å². The highest BCUT2D eigenvalue weighted by molar-refractivity contribution is 5.76. The summed E-state index contributed by atoms with van der Waals surface area (Å²) in [6, 6.07) is 8.50. The third kappa shape index (κ3) is 1.70. The lowest BCUT2D eigenvalue weighted by Crippen LogP contribution is -2.24. The Morgan fingerprint density at radius 1 is 1.06 bits per heavy atom. The molecule has 2 heterocycles. The molecule has 0 unspecified atom stereocenters. The molecule has 0 N–H and O–H groups in total. The second-order valence-electron chi connectivity index (χ2n) is 4.76. The van der Waals surface area contributed by atoms with E-state index in [4.69, 9.17) is 0 Å². The van der Waals surface area contributed by atoms with Gasteiger partial charge in [-0.05, 0) is 26.0 Å². The smallest absolute Gasteiger partial charge is 0.178 e. The Balaban J connectivity index is 2.06. The van der Waals surface area contributed by atoms with Crippen LogP contribution in [-0.4, -0.2) is 23.7 Å². The summed E-state index contributed by atoms with van der Waals surface area (Å²) in [5, 5.41) is 0. The van der Waals surface area contributed by atoms with E-state index in [9.17, 15) is 0 Å². The SMILES string of the molecule is Cc1ccc(N2CN(C)c3ncc(C)nc32)cc1. The van der Waals surface area contributed by atoms with Crippen LogP contribution in [0.15, 0.2) is 30.5 Å². The second-order valence-corrected chi connectivity index (χ2v) is 4.76. The molecule has 92 valence electrons. The Labute approximate surface area is 107 Å². The van der Waals surface area contributed by atoms with Crippen molar-refractivity contribution < 1.29 is 0 Å². The highest BCUT2D eigenvalue weighted by atomic mass is 15.4. The number of rotatable bonds is 1. The van der Waals surface area contributed by atoms with Gasteiger partial charge in [0, 0.05) is 12.7 Å². The standard InChI is InChI=1S/C14H16N4/c1-10-4-6-12(7-5-10)18-9-17(3)13-14(18)16-11(2)8-15-13/h4-8H,9H2,1-3H3. The number of aromatic nitrogens is 2. The maximum Gasteiger partial charge on any atom is 0.178 e. The quantitative estimate of drug-likeness (QED) is 0.767. The number of hydrogen-bond donors (Lipinski definition) is 0. The van der Waals surface area contributed by atoms with Crippen LogP contribution in [0.5, 0.6) is 0 Å². The molecule has 4 nitrogen and oxygen atoms in total. The van der Waals surface area contributed by atoms with Gasteiger partial charge in [-0.2, -0.15) is 0 Å². The van der Waals surface area contributed by atoms with E-state index in [0.717, 1.165) is 29.7 Å². The molecule has 0 saturated heterocycles. The van der Waals surface area contributed by atoms with Crippen LogP contribution in [0.2, 0.25) is 0 Å². The molecule has 0 aliphatic carbocycles. The monoisotopic (exact) mass is 240 g/mol. The van der Waals surface area contributed by atoms with Crippen molar-refractivity contribution >= 4 is 17.3 Å². The van der Waals surface area contributed by atoms with Crippen molar-refractivity contribution in [2.45, 2.75) is 13.8 Å². The molecule has 0 atom stereocenters. The van der Waals surface area contributed by atoms with Gasteiger partial charge in [-0.15, -0.1) is 0 Å². The normalized spacial score (nSPS) is 13.9. The van der Waals surface area contributed by atoms with Gasteiger partial charge < -0.3 is 9.80 Å². The lowest BCUT2D eigenvalue weighted by atomic mass is 10.2. The Kier molecular flexibility index (Phi) is 2.44. The zero-order chi connectivity index (χ0) is 12.7. The van der Waals surface area contributed by atoms with Gasteiger partial charge in [0.1, 0.15) is 0 Å². The highest BCUT2D eigenvalue weighted by Crippen LogP contribution is 2.36. The Bertz CT molecular complexity index is 577. The summed E-state index contributed by atoms with van der Waals surface area (Å²) >= 11 is 0. The molecule has 2 aromatic rings. The molecule has 0 spiro atoms. The van der Waals surface area contributed by atoms with E-state index in [2.05, 4.69) is 51.0 Å². The van der Waals surface area contributed by atoms with Gasteiger partial charge >= 0.3 is 0 Å². The molecule has 0 fully saturated rings. The first-order chi connectivity index (χ1) is 8.65. The second kappa shape index (κ2) is 3.98. The van der Waals surface area contributed by atoms with Crippen molar-refractivity contribution in [1.82, 2.24) is 9.97 Å². The van der Waals surface area contributed by atoms with Gasteiger partial charge in [-0.3, -0.25) is 0 Å². The third-order valence-electron chi connectivity index (χ3n) is 3.17. The van der Waals surface area contributed by atoms with Gasteiger partial charge in [-0.1, -0.05) is 17.7 Å². The molecule has 0 bridgehead atoms. The zero-order valence-electron chi connectivity index (χ0n) is 10.9. The van der Waals surface area contributed by atoms with Gasteiger partial charge in [0.05, 0.1) is 18.6 Å². The molecule has 0 amide bonds. The van der Waals surface area contributed by atoms with Crippen molar-refractivity contribution in [3.8, 4) is 0 Å². The number of fused-ring (bicyclic) bond motifs is 1. The fourth-order valence-electron chi connectivity index (χ4n) is 2.18. The number of benzene rings is 1. The minimum absolute atomic E-state index is 0.793. The summed E-state index contributed by atoms with van der Waals surface area (Å²) in [4.78, 5) is 13.4. The zero-order valence-corrected chi connectivity index (χ0v) is 10.9. The van der Waals surface area contributed by atoms with Crippen LogP contribution in [0.1, 0.15) is 11.3 Å². The fourth-order valence-corrected chi connectivity index (χ4v) is 2.18. The average molecular weight is 240 g/mol. The largest absolute Gasteiger partial charge is 0.338 e. The van der Waals surface area contributed by atoms with E-state index >= 15 is 0 Å². The lowest BCUT2D eigenvalue weighted by molar-refractivity contribution is 0.935. The number of anilines is 3. The number of aryl methyl sites for hydroxylation is 2. The molecule has 1 aliphatic heterocycles. The summed E-state index contributed by atoms with van der Waals surface area (Å²) in [6.07, 6.45) is 1.81. The van der Waals surface area contributed by atoms with E-state index in [0.29, 0.717) is 0 Å². The molecular formula is C14H16N4. The van der Waals surface area contributed by atoms with Crippen LogP contribution in [0.3, 0.4) is 0 Å². The predicted octanol–water partition coefficient (Wildman–Crippen LogP) is 2.64. The molecular weight excluding hydrogens is 224 g/mol.